The van der Waals surface area contributed by atoms with Crippen LogP contribution in [0.15, 0.2) is 72.8 Å². The zero-order valence-electron chi connectivity index (χ0n) is 20.5. The second-order valence-corrected chi connectivity index (χ2v) is 10.2. The molecule has 5 aromatic rings. The topological polar surface area (TPSA) is 22.2 Å². The van der Waals surface area contributed by atoms with Gasteiger partial charge in [-0.1, -0.05) is 96.1 Å². The fraction of sp³-hybridized carbons (Fsp3) is 0.226. The van der Waals surface area contributed by atoms with E-state index in [0.29, 0.717) is 0 Å². The van der Waals surface area contributed by atoms with Crippen molar-refractivity contribution >= 4 is 22.7 Å². The molecule has 0 bridgehead atoms. The van der Waals surface area contributed by atoms with Crippen LogP contribution >= 0.6 is 12.2 Å². The molecule has 0 atom stereocenters. The third-order valence-electron chi connectivity index (χ3n) is 7.21. The second kappa shape index (κ2) is 8.62. The number of thiocarbonyl (C=S) groups is 1. The molecule has 0 saturated heterocycles. The normalized spacial score (nSPS) is 13.2. The van der Waals surface area contributed by atoms with Crippen LogP contribution in [0, 0.1) is 20.8 Å². The van der Waals surface area contributed by atoms with Gasteiger partial charge >= 0.3 is 0 Å². The minimum atomic E-state index is 0.868. The molecular weight excluding hydrogens is 446 g/mol. The van der Waals surface area contributed by atoms with Gasteiger partial charge in [0.05, 0.1) is 10.6 Å². The van der Waals surface area contributed by atoms with E-state index in [1.165, 1.54) is 39.0 Å². The number of rotatable bonds is 4. The molecule has 0 N–H and O–H groups in total. The molecule has 3 nitrogen and oxygen atoms in total. The molecule has 0 amide bonds. The quantitative estimate of drug-likeness (QED) is 0.198. The van der Waals surface area contributed by atoms with Gasteiger partial charge in [-0.2, -0.15) is 0 Å². The molecule has 0 radical (unpaired) electrons. The zero-order valence-corrected chi connectivity index (χ0v) is 21.3. The molecule has 0 saturated carbocycles. The van der Waals surface area contributed by atoms with E-state index in [-0.39, 0.29) is 0 Å². The molecule has 0 aliphatic carbocycles. The largest absolute Gasteiger partial charge is 0.309 e. The van der Waals surface area contributed by atoms with Gasteiger partial charge in [0, 0.05) is 23.2 Å². The van der Waals surface area contributed by atoms with Crippen LogP contribution in [0.25, 0.3) is 28.2 Å². The Kier molecular flexibility index (Phi) is 5.42. The van der Waals surface area contributed by atoms with Crippen molar-refractivity contribution in [2.24, 2.45) is 0 Å². The smallest absolute Gasteiger partial charge is 0.162 e. The lowest BCUT2D eigenvalue weighted by molar-refractivity contribution is 0.645. The van der Waals surface area contributed by atoms with E-state index in [4.69, 9.17) is 17.3 Å². The Morgan fingerprint density at radius 1 is 0.829 bits per heavy atom. The first kappa shape index (κ1) is 22.0. The predicted octanol–water partition coefficient (Wildman–Crippen LogP) is 7.50. The van der Waals surface area contributed by atoms with E-state index < -0.39 is 0 Å². The number of aryl methyl sites for hydroxylation is 5. The second-order valence-electron chi connectivity index (χ2n) is 9.75. The lowest BCUT2D eigenvalue weighted by atomic mass is 9.93. The van der Waals surface area contributed by atoms with E-state index >= 15 is 0 Å². The number of hydrogen-bond acceptors (Lipinski definition) is 2. The minimum Gasteiger partial charge on any atom is -0.309 e. The van der Waals surface area contributed by atoms with Crippen LogP contribution in [0.2, 0.25) is 0 Å². The van der Waals surface area contributed by atoms with Crippen LogP contribution in [0.3, 0.4) is 0 Å². The van der Waals surface area contributed by atoms with Crippen LogP contribution in [-0.2, 0) is 13.0 Å². The SMILES string of the molecule is Cc1ccc(-c2c3c4n(c(-c5ccccc5)nn4c2C(=S)c2cc(C)ccc2C)CCCC3)cc1. The summed E-state index contributed by atoms with van der Waals surface area (Å²) in [6.07, 6.45) is 3.33. The number of nitrogens with zero attached hydrogens (tertiary/aromatic N) is 3. The Hall–Kier alpha value is -3.50. The monoisotopic (exact) mass is 475 g/mol. The van der Waals surface area contributed by atoms with E-state index in [0.717, 1.165) is 53.3 Å². The Balaban J connectivity index is 1.70. The maximum atomic E-state index is 6.29. The first-order valence-corrected chi connectivity index (χ1v) is 12.8. The van der Waals surface area contributed by atoms with Gasteiger partial charge in [0.15, 0.2) is 5.82 Å². The van der Waals surface area contributed by atoms with Crippen molar-refractivity contribution < 1.29 is 0 Å². The summed E-state index contributed by atoms with van der Waals surface area (Å²) >= 11 is 6.29. The molecule has 0 unspecified atom stereocenters. The minimum absolute atomic E-state index is 0.868. The number of hydrogen-bond donors (Lipinski definition) is 0. The molecule has 3 heterocycles. The molecule has 35 heavy (non-hydrogen) atoms. The molecule has 1 aliphatic heterocycles. The van der Waals surface area contributed by atoms with Gasteiger partial charge in [-0.3, -0.25) is 0 Å². The summed E-state index contributed by atoms with van der Waals surface area (Å²) in [4.78, 5) is 0.868. The zero-order chi connectivity index (χ0) is 24.1. The van der Waals surface area contributed by atoms with Crippen molar-refractivity contribution in [2.45, 2.75) is 46.6 Å². The highest BCUT2D eigenvalue weighted by atomic mass is 32.1. The Morgan fingerprint density at radius 2 is 1.57 bits per heavy atom. The summed E-state index contributed by atoms with van der Waals surface area (Å²) in [6.45, 7) is 7.38. The van der Waals surface area contributed by atoms with Crippen molar-refractivity contribution in [2.75, 3.05) is 0 Å². The van der Waals surface area contributed by atoms with Crippen molar-refractivity contribution in [3.63, 3.8) is 0 Å². The van der Waals surface area contributed by atoms with Gasteiger partial charge in [0.1, 0.15) is 5.65 Å². The molecule has 4 heteroatoms. The standard InChI is InChI=1S/C31H29N3S/c1-20-13-16-23(17-14-20)27-25-11-7-8-18-33-30(24-9-5-4-6-10-24)32-34(31(25)33)28(27)29(35)26-19-21(2)12-15-22(26)3/h4-6,9-10,12-17,19H,7-8,11,18H2,1-3H3. The molecule has 2 aromatic heterocycles. The lowest BCUT2D eigenvalue weighted by Crippen LogP contribution is -2.09. The van der Waals surface area contributed by atoms with Gasteiger partial charge in [-0.15, -0.1) is 5.10 Å². The Bertz CT molecular complexity index is 1570. The van der Waals surface area contributed by atoms with Crippen LogP contribution < -0.4 is 0 Å². The summed E-state index contributed by atoms with van der Waals surface area (Å²) in [6, 6.07) is 26.0. The van der Waals surface area contributed by atoms with Crippen LogP contribution in [-0.4, -0.2) is 19.0 Å². The fourth-order valence-corrected chi connectivity index (χ4v) is 5.80. The van der Waals surface area contributed by atoms with E-state index in [1.54, 1.807) is 0 Å². The molecular formula is C31H29N3S. The molecule has 3 aromatic carbocycles. The first-order chi connectivity index (χ1) is 17.0. The summed E-state index contributed by atoms with van der Waals surface area (Å²) < 4.78 is 4.58. The van der Waals surface area contributed by atoms with Gasteiger partial charge in [0.2, 0.25) is 0 Å². The highest BCUT2D eigenvalue weighted by molar-refractivity contribution is 7.81. The predicted molar refractivity (Wildman–Crippen MR) is 148 cm³/mol. The molecule has 6 rings (SSSR count). The molecule has 0 fully saturated rings. The number of benzene rings is 3. The Labute approximate surface area is 212 Å². The van der Waals surface area contributed by atoms with Crippen LogP contribution in [0.1, 0.15) is 46.4 Å². The maximum absolute atomic E-state index is 6.29. The maximum Gasteiger partial charge on any atom is 0.162 e. The van der Waals surface area contributed by atoms with Gasteiger partial charge in [-0.05, 0) is 56.7 Å². The summed E-state index contributed by atoms with van der Waals surface area (Å²) in [5.41, 5.74) is 12.0. The molecule has 174 valence electrons. The molecule has 1 aliphatic rings. The van der Waals surface area contributed by atoms with E-state index in [9.17, 15) is 0 Å². The van der Waals surface area contributed by atoms with Crippen LogP contribution in [0.4, 0.5) is 0 Å². The third kappa shape index (κ3) is 3.64. The van der Waals surface area contributed by atoms with Crippen molar-refractivity contribution in [1.29, 1.82) is 0 Å². The van der Waals surface area contributed by atoms with E-state index in [1.807, 2.05) is 0 Å². The van der Waals surface area contributed by atoms with E-state index in [2.05, 4.69) is 103 Å². The van der Waals surface area contributed by atoms with Gasteiger partial charge in [0.25, 0.3) is 0 Å². The van der Waals surface area contributed by atoms with Crippen molar-refractivity contribution in [1.82, 2.24) is 14.2 Å². The molecule has 0 spiro atoms. The highest BCUT2D eigenvalue weighted by Crippen LogP contribution is 2.39. The number of aromatic nitrogens is 3. The third-order valence-corrected chi connectivity index (χ3v) is 7.62. The van der Waals surface area contributed by atoms with Gasteiger partial charge in [-0.25, -0.2) is 4.52 Å². The highest BCUT2D eigenvalue weighted by Gasteiger charge is 2.30. The summed E-state index contributed by atoms with van der Waals surface area (Å²) in [5, 5.41) is 5.25. The first-order valence-electron chi connectivity index (χ1n) is 12.4. The average Bonchev–Trinajstić information content (AvgIpc) is 3.29. The lowest BCUT2D eigenvalue weighted by Gasteiger charge is -2.13. The summed E-state index contributed by atoms with van der Waals surface area (Å²) in [5.74, 6) is 1.02. The Morgan fingerprint density at radius 3 is 2.34 bits per heavy atom. The fourth-order valence-electron chi connectivity index (χ4n) is 5.39. The van der Waals surface area contributed by atoms with Gasteiger partial charge < -0.3 is 4.57 Å². The van der Waals surface area contributed by atoms with Crippen molar-refractivity contribution in [3.05, 3.63) is 106 Å². The average molecular weight is 476 g/mol. The van der Waals surface area contributed by atoms with Crippen molar-refractivity contribution in [3.8, 4) is 22.5 Å². The van der Waals surface area contributed by atoms with Crippen LogP contribution in [0.5, 0.6) is 0 Å². The summed E-state index contributed by atoms with van der Waals surface area (Å²) in [7, 11) is 0.